The van der Waals surface area contributed by atoms with Crippen molar-refractivity contribution in [3.05, 3.63) is 71.4 Å². The summed E-state index contributed by atoms with van der Waals surface area (Å²) in [6, 6.07) is 18.0. The number of aromatic nitrogens is 1. The van der Waals surface area contributed by atoms with E-state index in [9.17, 15) is 0 Å². The zero-order valence-electron chi connectivity index (χ0n) is 16.2. The van der Waals surface area contributed by atoms with Gasteiger partial charge in [0, 0.05) is 23.6 Å². The third kappa shape index (κ3) is 4.15. The lowest BCUT2D eigenvalue weighted by Crippen LogP contribution is -2.10. The molecule has 1 heterocycles. The number of nitrogens with zero attached hydrogens (tertiary/aromatic N) is 1. The molecule has 0 atom stereocenters. The van der Waals surface area contributed by atoms with Gasteiger partial charge in [0.2, 0.25) is 0 Å². The molecule has 0 fully saturated rings. The van der Waals surface area contributed by atoms with Crippen LogP contribution < -0.4 is 0 Å². The number of hydrogen-bond acceptors (Lipinski definition) is 0. The largest absolute Gasteiger partial charge is 0.343 e. The molecule has 0 saturated heterocycles. The Bertz CT molecular complexity index is 815. The number of rotatable bonds is 6. The molecule has 0 bridgehead atoms. The molecule has 0 aliphatic rings. The first-order chi connectivity index (χ1) is 12.0. The molecule has 0 aliphatic carbocycles. The van der Waals surface area contributed by atoms with Crippen LogP contribution in [0.15, 0.2) is 54.7 Å². The predicted octanol–water partition coefficient (Wildman–Crippen LogP) is 6.72. The molecule has 0 N–H and O–H groups in total. The Kier molecular flexibility index (Phi) is 5.32. The van der Waals surface area contributed by atoms with Crippen LogP contribution in [-0.2, 0) is 18.4 Å². The molecule has 0 saturated carbocycles. The van der Waals surface area contributed by atoms with Crippen LogP contribution in [0.25, 0.3) is 10.9 Å². The molecule has 3 rings (SSSR count). The van der Waals surface area contributed by atoms with Gasteiger partial charge in [-0.3, -0.25) is 0 Å². The predicted molar refractivity (Wildman–Crippen MR) is 109 cm³/mol. The third-order valence-corrected chi connectivity index (χ3v) is 5.09. The van der Waals surface area contributed by atoms with Crippen LogP contribution in [0.1, 0.15) is 63.6 Å². The molecule has 1 aromatic heterocycles. The number of fused-ring (bicyclic) bond motifs is 1. The van der Waals surface area contributed by atoms with Gasteiger partial charge in [-0.15, -0.1) is 0 Å². The summed E-state index contributed by atoms with van der Waals surface area (Å²) in [5, 5.41) is 1.42. The maximum atomic E-state index is 2.42. The minimum absolute atomic E-state index is 0.213. The van der Waals surface area contributed by atoms with Crippen LogP contribution in [-0.4, -0.2) is 4.57 Å². The average Bonchev–Trinajstić information content (AvgIpc) is 2.93. The first-order valence-corrected chi connectivity index (χ1v) is 9.65. The van der Waals surface area contributed by atoms with Crippen molar-refractivity contribution in [3.63, 3.8) is 0 Å². The van der Waals surface area contributed by atoms with Gasteiger partial charge in [-0.25, -0.2) is 0 Å². The average molecular weight is 334 g/mol. The maximum Gasteiger partial charge on any atom is 0.0486 e. The van der Waals surface area contributed by atoms with Gasteiger partial charge in [0.25, 0.3) is 0 Å². The van der Waals surface area contributed by atoms with E-state index in [0.29, 0.717) is 0 Å². The summed E-state index contributed by atoms with van der Waals surface area (Å²) in [7, 11) is 0. The fourth-order valence-electron chi connectivity index (χ4n) is 3.53. The number of unbranched alkanes of at least 4 members (excludes halogenated alkanes) is 2. The highest BCUT2D eigenvalue weighted by atomic mass is 15.0. The van der Waals surface area contributed by atoms with Crippen LogP contribution in [0, 0.1) is 0 Å². The Hall–Kier alpha value is -2.02. The summed E-state index contributed by atoms with van der Waals surface area (Å²) < 4.78 is 2.42. The fraction of sp³-hybridized carbons (Fsp3) is 0.417. The monoisotopic (exact) mass is 333 g/mol. The van der Waals surface area contributed by atoms with E-state index in [4.69, 9.17) is 0 Å². The normalized spacial score (nSPS) is 12.0. The molecule has 0 amide bonds. The van der Waals surface area contributed by atoms with Gasteiger partial charge in [-0.05, 0) is 41.0 Å². The van der Waals surface area contributed by atoms with Crippen LogP contribution in [0.2, 0.25) is 0 Å². The van der Waals surface area contributed by atoms with Gasteiger partial charge in [-0.2, -0.15) is 0 Å². The second-order valence-electron chi connectivity index (χ2n) is 8.20. The van der Waals surface area contributed by atoms with Crippen molar-refractivity contribution < 1.29 is 0 Å². The molecule has 0 radical (unpaired) electrons. The zero-order valence-corrected chi connectivity index (χ0v) is 16.2. The number of aryl methyl sites for hydroxylation is 1. The SMILES string of the molecule is CCCCCc1cn(Cc2ccc(C(C)(C)C)cc2)c2ccccc12. The Balaban J connectivity index is 1.86. The lowest BCUT2D eigenvalue weighted by molar-refractivity contribution is 0.590. The molecular weight excluding hydrogens is 302 g/mol. The van der Waals surface area contributed by atoms with Crippen LogP contribution in [0.3, 0.4) is 0 Å². The summed E-state index contributed by atoms with van der Waals surface area (Å²) in [5.74, 6) is 0. The summed E-state index contributed by atoms with van der Waals surface area (Å²) in [6.45, 7) is 10.0. The lowest BCUT2D eigenvalue weighted by atomic mass is 9.87. The topological polar surface area (TPSA) is 4.93 Å². The van der Waals surface area contributed by atoms with Gasteiger partial charge in [0.15, 0.2) is 0 Å². The molecule has 1 heteroatoms. The molecule has 2 aromatic carbocycles. The zero-order chi connectivity index (χ0) is 17.9. The standard InChI is InChI=1S/C24H31N/c1-5-6-7-10-20-18-25(23-12-9-8-11-22(20)23)17-19-13-15-21(16-14-19)24(2,3)4/h8-9,11-16,18H,5-7,10,17H2,1-4H3. The smallest absolute Gasteiger partial charge is 0.0486 e. The van der Waals surface area contributed by atoms with Crippen LogP contribution in [0.5, 0.6) is 0 Å². The molecule has 0 unspecified atom stereocenters. The fourth-order valence-corrected chi connectivity index (χ4v) is 3.53. The van der Waals surface area contributed by atoms with E-state index >= 15 is 0 Å². The highest BCUT2D eigenvalue weighted by Crippen LogP contribution is 2.26. The molecule has 0 aliphatic heterocycles. The molecular formula is C24H31N. The Morgan fingerprint density at radius 1 is 0.880 bits per heavy atom. The Labute approximate surface area is 152 Å². The van der Waals surface area contributed by atoms with Crippen molar-refractivity contribution >= 4 is 10.9 Å². The molecule has 3 aromatic rings. The van der Waals surface area contributed by atoms with E-state index in [2.05, 4.69) is 87.0 Å². The summed E-state index contributed by atoms with van der Waals surface area (Å²) in [6.07, 6.45) is 7.43. The van der Waals surface area contributed by atoms with Gasteiger partial charge in [0.1, 0.15) is 0 Å². The summed E-state index contributed by atoms with van der Waals surface area (Å²) in [5.41, 5.74) is 5.83. The number of para-hydroxylation sites is 1. The van der Waals surface area contributed by atoms with Crippen molar-refractivity contribution in [1.29, 1.82) is 0 Å². The Morgan fingerprint density at radius 2 is 1.60 bits per heavy atom. The highest BCUT2D eigenvalue weighted by molar-refractivity contribution is 5.84. The molecule has 25 heavy (non-hydrogen) atoms. The van der Waals surface area contributed by atoms with E-state index < -0.39 is 0 Å². The van der Waals surface area contributed by atoms with Crippen molar-refractivity contribution in [1.82, 2.24) is 4.57 Å². The van der Waals surface area contributed by atoms with Gasteiger partial charge in [-0.1, -0.05) is 83.0 Å². The van der Waals surface area contributed by atoms with Crippen LogP contribution >= 0.6 is 0 Å². The number of benzene rings is 2. The van der Waals surface area contributed by atoms with Crippen molar-refractivity contribution in [2.24, 2.45) is 0 Å². The van der Waals surface area contributed by atoms with E-state index in [1.54, 1.807) is 0 Å². The van der Waals surface area contributed by atoms with Gasteiger partial charge in [0.05, 0.1) is 0 Å². The molecule has 132 valence electrons. The van der Waals surface area contributed by atoms with Gasteiger partial charge < -0.3 is 4.57 Å². The van der Waals surface area contributed by atoms with E-state index in [-0.39, 0.29) is 5.41 Å². The number of hydrogen-bond donors (Lipinski definition) is 0. The van der Waals surface area contributed by atoms with Crippen molar-refractivity contribution in [3.8, 4) is 0 Å². The Morgan fingerprint density at radius 3 is 2.28 bits per heavy atom. The molecule has 0 spiro atoms. The van der Waals surface area contributed by atoms with Crippen molar-refractivity contribution in [2.75, 3.05) is 0 Å². The first-order valence-electron chi connectivity index (χ1n) is 9.65. The first kappa shape index (κ1) is 17.8. The van der Waals surface area contributed by atoms with E-state index in [0.717, 1.165) is 6.54 Å². The van der Waals surface area contributed by atoms with E-state index in [1.165, 1.54) is 53.3 Å². The molecule has 1 nitrogen and oxygen atoms in total. The second kappa shape index (κ2) is 7.47. The highest BCUT2D eigenvalue weighted by Gasteiger charge is 2.13. The lowest BCUT2D eigenvalue weighted by Gasteiger charge is -2.19. The van der Waals surface area contributed by atoms with Gasteiger partial charge >= 0.3 is 0 Å². The van der Waals surface area contributed by atoms with E-state index in [1.807, 2.05) is 0 Å². The van der Waals surface area contributed by atoms with Crippen LogP contribution in [0.4, 0.5) is 0 Å². The minimum atomic E-state index is 0.213. The van der Waals surface area contributed by atoms with Crippen molar-refractivity contribution in [2.45, 2.75) is 65.3 Å². The quantitative estimate of drug-likeness (QED) is 0.441. The summed E-state index contributed by atoms with van der Waals surface area (Å²) >= 11 is 0. The minimum Gasteiger partial charge on any atom is -0.343 e. The second-order valence-corrected chi connectivity index (χ2v) is 8.20. The third-order valence-electron chi connectivity index (χ3n) is 5.09. The maximum absolute atomic E-state index is 2.42. The summed E-state index contributed by atoms with van der Waals surface area (Å²) in [4.78, 5) is 0.